The predicted molar refractivity (Wildman–Crippen MR) is 141 cm³/mol. The largest absolute Gasteiger partial charge is 0.438 e. The van der Waals surface area contributed by atoms with Crippen LogP contribution in [0.15, 0.2) is 69.1 Å². The van der Waals surface area contributed by atoms with E-state index in [1.807, 2.05) is 25.1 Å². The van der Waals surface area contributed by atoms with Gasteiger partial charge in [0.1, 0.15) is 17.8 Å². The van der Waals surface area contributed by atoms with E-state index >= 15 is 0 Å². The molecule has 4 rings (SSSR count). The molecule has 0 aliphatic rings. The molecule has 34 heavy (non-hydrogen) atoms. The normalized spacial score (nSPS) is 11.3. The Kier molecular flexibility index (Phi) is 7.32. The highest BCUT2D eigenvalue weighted by Crippen LogP contribution is 2.27. The molecule has 172 valence electrons. The maximum Gasteiger partial charge on any atom is 0.287 e. The first-order valence-corrected chi connectivity index (χ1v) is 12.1. The Labute approximate surface area is 215 Å². The number of aryl methyl sites for hydroxylation is 1. The van der Waals surface area contributed by atoms with Crippen molar-refractivity contribution in [2.45, 2.75) is 19.8 Å². The number of fused-ring (bicyclic) bond motifs is 1. The molecule has 0 bridgehead atoms. The third-order valence-corrected chi connectivity index (χ3v) is 6.11. The molecule has 11 heteroatoms. The molecule has 0 fully saturated rings. The molecular weight excluding hydrogens is 617 g/mol. The topological polar surface area (TPSA) is 113 Å². The van der Waals surface area contributed by atoms with Crippen molar-refractivity contribution in [3.63, 3.8) is 0 Å². The molecule has 0 saturated heterocycles. The monoisotopic (exact) mass is 633 g/mol. The summed E-state index contributed by atoms with van der Waals surface area (Å²) in [5.41, 5.74) is 1.06. The SMILES string of the molecule is CCCc1nc2ccc(Br)cc2c(=O)n1N=Cc1ccc(Oc2ccc([N+](=O)[O-])cn2)c(I)c1. The lowest BCUT2D eigenvalue weighted by molar-refractivity contribution is -0.385. The highest BCUT2D eigenvalue weighted by atomic mass is 127. The Hall–Kier alpha value is -3.19. The summed E-state index contributed by atoms with van der Waals surface area (Å²) in [6, 6.07) is 13.6. The summed E-state index contributed by atoms with van der Waals surface area (Å²) in [7, 11) is 0. The van der Waals surface area contributed by atoms with Gasteiger partial charge in [-0.25, -0.2) is 9.97 Å². The Morgan fingerprint density at radius 1 is 1.24 bits per heavy atom. The molecule has 0 amide bonds. The minimum absolute atomic E-state index is 0.109. The number of pyridine rings is 1. The number of aromatic nitrogens is 3. The second kappa shape index (κ2) is 10.4. The van der Waals surface area contributed by atoms with Crippen molar-refractivity contribution < 1.29 is 9.66 Å². The van der Waals surface area contributed by atoms with E-state index in [0.29, 0.717) is 28.9 Å². The van der Waals surface area contributed by atoms with Crippen molar-refractivity contribution in [3.05, 3.63) is 94.6 Å². The molecule has 4 aromatic rings. The molecule has 2 aromatic heterocycles. The molecule has 0 saturated carbocycles. The molecule has 0 aliphatic carbocycles. The third kappa shape index (κ3) is 5.30. The van der Waals surface area contributed by atoms with E-state index in [2.05, 4.69) is 53.6 Å². The molecule has 0 spiro atoms. The highest BCUT2D eigenvalue weighted by molar-refractivity contribution is 14.1. The molecular formula is C23H17BrIN5O4. The van der Waals surface area contributed by atoms with Gasteiger partial charge in [-0.1, -0.05) is 22.9 Å². The molecule has 0 aliphatic heterocycles. The van der Waals surface area contributed by atoms with Gasteiger partial charge in [0.05, 0.1) is 25.6 Å². The van der Waals surface area contributed by atoms with Crippen LogP contribution >= 0.6 is 38.5 Å². The van der Waals surface area contributed by atoms with Crippen molar-refractivity contribution in [2.24, 2.45) is 5.10 Å². The lowest BCUT2D eigenvalue weighted by Gasteiger charge is -2.09. The standard InChI is InChI=1S/C23H17BrIN5O4/c1-2-3-21-28-19-7-5-15(24)11-17(19)23(31)29(21)27-12-14-4-8-20(18(25)10-14)34-22-9-6-16(13-26-22)30(32)33/h4-13H,2-3H2,1H3. The fourth-order valence-electron chi connectivity index (χ4n) is 3.16. The lowest BCUT2D eigenvalue weighted by Crippen LogP contribution is -2.22. The fraction of sp³-hybridized carbons (Fsp3) is 0.130. The Bertz CT molecular complexity index is 1470. The van der Waals surface area contributed by atoms with Gasteiger partial charge < -0.3 is 4.74 Å². The first-order chi connectivity index (χ1) is 16.4. The highest BCUT2D eigenvalue weighted by Gasteiger charge is 2.11. The quantitative estimate of drug-likeness (QED) is 0.112. The summed E-state index contributed by atoms with van der Waals surface area (Å²) in [6.07, 6.45) is 4.18. The van der Waals surface area contributed by atoms with E-state index in [1.54, 1.807) is 24.4 Å². The van der Waals surface area contributed by atoms with Crippen LogP contribution in [-0.4, -0.2) is 25.8 Å². The van der Waals surface area contributed by atoms with Gasteiger partial charge in [-0.15, -0.1) is 0 Å². The Morgan fingerprint density at radius 3 is 2.74 bits per heavy atom. The summed E-state index contributed by atoms with van der Waals surface area (Å²) in [6.45, 7) is 2.02. The van der Waals surface area contributed by atoms with Gasteiger partial charge in [-0.3, -0.25) is 14.9 Å². The number of halogens is 2. The number of nitrogens with zero attached hydrogens (tertiary/aromatic N) is 5. The van der Waals surface area contributed by atoms with Crippen molar-refractivity contribution in [1.82, 2.24) is 14.6 Å². The van der Waals surface area contributed by atoms with Crippen LogP contribution in [0.25, 0.3) is 10.9 Å². The van der Waals surface area contributed by atoms with Gasteiger partial charge in [0, 0.05) is 23.0 Å². The number of nitro groups is 1. The van der Waals surface area contributed by atoms with Crippen LogP contribution in [0.3, 0.4) is 0 Å². The molecule has 0 radical (unpaired) electrons. The summed E-state index contributed by atoms with van der Waals surface area (Å²) in [5.74, 6) is 1.38. The number of rotatable bonds is 7. The van der Waals surface area contributed by atoms with Crippen LogP contribution in [0, 0.1) is 13.7 Å². The minimum Gasteiger partial charge on any atom is -0.438 e. The zero-order valence-corrected chi connectivity index (χ0v) is 21.6. The van der Waals surface area contributed by atoms with Crippen LogP contribution in [0.5, 0.6) is 11.6 Å². The van der Waals surface area contributed by atoms with E-state index < -0.39 is 4.92 Å². The van der Waals surface area contributed by atoms with Crippen LogP contribution < -0.4 is 10.3 Å². The fourth-order valence-corrected chi connectivity index (χ4v) is 4.17. The summed E-state index contributed by atoms with van der Waals surface area (Å²) in [4.78, 5) is 31.9. The number of hydrogen-bond acceptors (Lipinski definition) is 7. The van der Waals surface area contributed by atoms with Crippen molar-refractivity contribution in [2.75, 3.05) is 0 Å². The van der Waals surface area contributed by atoms with Crippen molar-refractivity contribution in [3.8, 4) is 11.6 Å². The van der Waals surface area contributed by atoms with Gasteiger partial charge in [0.2, 0.25) is 5.88 Å². The lowest BCUT2D eigenvalue weighted by atomic mass is 10.2. The number of ether oxygens (including phenoxy) is 1. The molecule has 0 unspecified atom stereocenters. The van der Waals surface area contributed by atoms with E-state index in [-0.39, 0.29) is 17.1 Å². The van der Waals surface area contributed by atoms with E-state index in [9.17, 15) is 14.9 Å². The Balaban J connectivity index is 1.62. The summed E-state index contributed by atoms with van der Waals surface area (Å²) in [5, 5.41) is 15.7. The molecule has 0 atom stereocenters. The first-order valence-electron chi connectivity index (χ1n) is 10.2. The molecule has 2 heterocycles. The maximum atomic E-state index is 13.1. The van der Waals surface area contributed by atoms with Crippen molar-refractivity contribution >= 4 is 61.3 Å². The number of benzene rings is 2. The predicted octanol–water partition coefficient (Wildman–Crippen LogP) is 5.69. The average Bonchev–Trinajstić information content (AvgIpc) is 2.81. The van der Waals surface area contributed by atoms with Gasteiger partial charge in [-0.05, 0) is 71.0 Å². The van der Waals surface area contributed by atoms with E-state index in [4.69, 9.17) is 4.74 Å². The van der Waals surface area contributed by atoms with Gasteiger partial charge in [0.25, 0.3) is 11.2 Å². The zero-order valence-electron chi connectivity index (χ0n) is 17.8. The average molecular weight is 634 g/mol. The van der Waals surface area contributed by atoms with Crippen molar-refractivity contribution in [1.29, 1.82) is 0 Å². The van der Waals surface area contributed by atoms with Gasteiger partial charge in [0.15, 0.2) is 0 Å². The minimum atomic E-state index is -0.518. The molecule has 0 N–H and O–H groups in total. The Morgan fingerprint density at radius 2 is 2.06 bits per heavy atom. The number of hydrogen-bond donors (Lipinski definition) is 0. The summed E-state index contributed by atoms with van der Waals surface area (Å²) < 4.78 is 8.66. The van der Waals surface area contributed by atoms with Crippen LogP contribution in [0.2, 0.25) is 0 Å². The van der Waals surface area contributed by atoms with E-state index in [0.717, 1.165) is 26.2 Å². The van der Waals surface area contributed by atoms with E-state index in [1.165, 1.54) is 16.8 Å². The zero-order chi connectivity index (χ0) is 24.2. The molecule has 9 nitrogen and oxygen atoms in total. The first kappa shape index (κ1) is 24.0. The second-order valence-corrected chi connectivity index (χ2v) is 9.28. The van der Waals surface area contributed by atoms with Gasteiger partial charge in [-0.2, -0.15) is 9.78 Å². The van der Waals surface area contributed by atoms with Crippen LogP contribution in [0.4, 0.5) is 5.69 Å². The molecule has 2 aromatic carbocycles. The third-order valence-electron chi connectivity index (χ3n) is 4.77. The second-order valence-electron chi connectivity index (χ2n) is 7.20. The van der Waals surface area contributed by atoms with Crippen LogP contribution in [0.1, 0.15) is 24.7 Å². The van der Waals surface area contributed by atoms with Crippen LogP contribution in [-0.2, 0) is 6.42 Å². The smallest absolute Gasteiger partial charge is 0.287 e. The maximum absolute atomic E-state index is 13.1. The van der Waals surface area contributed by atoms with Gasteiger partial charge >= 0.3 is 0 Å². The summed E-state index contributed by atoms with van der Waals surface area (Å²) >= 11 is 5.52.